The lowest BCUT2D eigenvalue weighted by Gasteiger charge is -2.13. The molecule has 7 heteroatoms. The van der Waals surface area contributed by atoms with E-state index in [-0.39, 0.29) is 6.54 Å². The number of nitrogens with one attached hydrogen (secondary N) is 1. The van der Waals surface area contributed by atoms with Crippen LogP contribution < -0.4 is 11.1 Å². The number of aryl methyl sites for hydroxylation is 1. The Morgan fingerprint density at radius 3 is 2.56 bits per heavy atom. The Balaban J connectivity index is 2.74. The average Bonchev–Trinajstić information content (AvgIpc) is 2.20. The van der Waals surface area contributed by atoms with Gasteiger partial charge in [0.25, 0.3) is 6.43 Å². The molecule has 0 aromatic carbocycles. The van der Waals surface area contributed by atoms with Crippen molar-refractivity contribution in [1.29, 1.82) is 0 Å². The molecule has 1 atom stereocenters. The largest absolute Gasteiger partial charge is 0.385 e. The lowest BCUT2D eigenvalue weighted by Crippen LogP contribution is -2.27. The molecule has 0 spiro atoms. The fourth-order valence-corrected chi connectivity index (χ4v) is 1.11. The average molecular weight is 232 g/mol. The smallest absolute Gasteiger partial charge is 0.265 e. The zero-order valence-corrected chi connectivity index (χ0v) is 9.04. The SMILES string of the molecule is Cc1nc(N)c(C)c(NCC(O)C(F)F)n1. The summed E-state index contributed by atoms with van der Waals surface area (Å²) in [5.41, 5.74) is 6.16. The van der Waals surface area contributed by atoms with Crippen LogP contribution in [0.2, 0.25) is 0 Å². The molecule has 0 amide bonds. The van der Waals surface area contributed by atoms with Gasteiger partial charge < -0.3 is 16.2 Å². The first kappa shape index (κ1) is 12.6. The normalized spacial score (nSPS) is 12.9. The third kappa shape index (κ3) is 2.99. The highest BCUT2D eigenvalue weighted by Gasteiger charge is 2.17. The Kier molecular flexibility index (Phi) is 3.94. The molecular weight excluding hydrogens is 218 g/mol. The van der Waals surface area contributed by atoms with E-state index in [2.05, 4.69) is 15.3 Å². The molecule has 1 unspecified atom stereocenters. The summed E-state index contributed by atoms with van der Waals surface area (Å²) >= 11 is 0. The van der Waals surface area contributed by atoms with Crippen LogP contribution in [0.25, 0.3) is 0 Å². The topological polar surface area (TPSA) is 84.1 Å². The van der Waals surface area contributed by atoms with Crippen LogP contribution in [0.15, 0.2) is 0 Å². The summed E-state index contributed by atoms with van der Waals surface area (Å²) in [6, 6.07) is 0. The van der Waals surface area contributed by atoms with Crippen molar-refractivity contribution in [1.82, 2.24) is 9.97 Å². The number of nitrogens with zero attached hydrogens (tertiary/aromatic N) is 2. The number of aromatic nitrogens is 2. The van der Waals surface area contributed by atoms with E-state index in [1.54, 1.807) is 13.8 Å². The molecule has 1 aromatic rings. The number of anilines is 2. The molecule has 5 nitrogen and oxygen atoms in total. The minimum absolute atomic E-state index is 0.283. The van der Waals surface area contributed by atoms with Crippen molar-refractivity contribution in [2.24, 2.45) is 0 Å². The van der Waals surface area contributed by atoms with Crippen molar-refractivity contribution in [2.75, 3.05) is 17.6 Å². The number of hydrogen-bond donors (Lipinski definition) is 3. The highest BCUT2D eigenvalue weighted by atomic mass is 19.3. The minimum Gasteiger partial charge on any atom is -0.385 e. The lowest BCUT2D eigenvalue weighted by molar-refractivity contribution is 0.00380. The van der Waals surface area contributed by atoms with Crippen LogP contribution in [0.5, 0.6) is 0 Å². The molecule has 0 saturated carbocycles. The van der Waals surface area contributed by atoms with Crippen molar-refractivity contribution in [3.8, 4) is 0 Å². The molecular formula is C9H14F2N4O. The van der Waals surface area contributed by atoms with Gasteiger partial charge in [0.2, 0.25) is 0 Å². The summed E-state index contributed by atoms with van der Waals surface area (Å²) in [5, 5.41) is 11.5. The second-order valence-corrected chi connectivity index (χ2v) is 3.41. The quantitative estimate of drug-likeness (QED) is 0.712. The molecule has 0 aliphatic heterocycles. The Bertz CT molecular complexity index is 373. The van der Waals surface area contributed by atoms with Gasteiger partial charge in [-0.2, -0.15) is 0 Å². The van der Waals surface area contributed by atoms with Crippen molar-refractivity contribution >= 4 is 11.6 Å². The van der Waals surface area contributed by atoms with E-state index >= 15 is 0 Å². The first-order valence-corrected chi connectivity index (χ1v) is 4.72. The third-order valence-electron chi connectivity index (χ3n) is 2.06. The number of rotatable bonds is 4. The molecule has 0 saturated heterocycles. The number of nitrogens with two attached hydrogens (primary N) is 1. The van der Waals surface area contributed by atoms with Crippen molar-refractivity contribution in [3.63, 3.8) is 0 Å². The number of halogens is 2. The Morgan fingerprint density at radius 1 is 1.38 bits per heavy atom. The molecule has 0 fully saturated rings. The van der Waals surface area contributed by atoms with Gasteiger partial charge in [0.1, 0.15) is 23.6 Å². The van der Waals surface area contributed by atoms with Gasteiger partial charge in [-0.15, -0.1) is 0 Å². The van der Waals surface area contributed by atoms with Gasteiger partial charge in [-0.3, -0.25) is 0 Å². The second-order valence-electron chi connectivity index (χ2n) is 3.41. The maximum absolute atomic E-state index is 12.0. The zero-order chi connectivity index (χ0) is 12.3. The van der Waals surface area contributed by atoms with Gasteiger partial charge in [0.15, 0.2) is 0 Å². The highest BCUT2D eigenvalue weighted by Crippen LogP contribution is 2.17. The molecule has 1 heterocycles. The van der Waals surface area contributed by atoms with Crippen LogP contribution in [0.1, 0.15) is 11.4 Å². The number of hydrogen-bond acceptors (Lipinski definition) is 5. The molecule has 0 radical (unpaired) electrons. The van der Waals surface area contributed by atoms with Crippen molar-refractivity contribution in [3.05, 3.63) is 11.4 Å². The van der Waals surface area contributed by atoms with Crippen LogP contribution >= 0.6 is 0 Å². The predicted molar refractivity (Wildman–Crippen MR) is 56.4 cm³/mol. The number of aliphatic hydroxyl groups excluding tert-OH is 1. The van der Waals surface area contributed by atoms with Crippen LogP contribution in [0.3, 0.4) is 0 Å². The Hall–Kier alpha value is -1.50. The molecule has 0 aliphatic rings. The van der Waals surface area contributed by atoms with Crippen LogP contribution in [-0.4, -0.2) is 34.1 Å². The molecule has 1 rings (SSSR count). The minimum atomic E-state index is -2.78. The van der Waals surface area contributed by atoms with Crippen LogP contribution in [0, 0.1) is 13.8 Å². The molecule has 90 valence electrons. The van der Waals surface area contributed by atoms with Crippen molar-refractivity contribution < 1.29 is 13.9 Å². The fraction of sp³-hybridized carbons (Fsp3) is 0.556. The number of alkyl halides is 2. The molecule has 0 bridgehead atoms. The summed E-state index contributed by atoms with van der Waals surface area (Å²) in [7, 11) is 0. The summed E-state index contributed by atoms with van der Waals surface area (Å²) in [6.07, 6.45) is -4.51. The van der Waals surface area contributed by atoms with E-state index in [0.717, 1.165) is 0 Å². The number of aliphatic hydroxyl groups is 1. The van der Waals surface area contributed by atoms with Gasteiger partial charge in [-0.1, -0.05) is 0 Å². The standard InChI is InChI=1S/C9H14F2N4O/c1-4-8(12)14-5(2)15-9(4)13-3-6(16)7(10)11/h6-7,16H,3H2,1-2H3,(H3,12,13,14,15). The van der Waals surface area contributed by atoms with Gasteiger partial charge in [0, 0.05) is 12.1 Å². The maximum Gasteiger partial charge on any atom is 0.265 e. The highest BCUT2D eigenvalue weighted by molar-refractivity contribution is 5.54. The monoisotopic (exact) mass is 232 g/mol. The first-order chi connectivity index (χ1) is 7.41. The molecule has 0 aliphatic carbocycles. The molecule has 16 heavy (non-hydrogen) atoms. The van der Waals surface area contributed by atoms with Crippen LogP contribution in [-0.2, 0) is 0 Å². The van der Waals surface area contributed by atoms with Gasteiger partial charge >= 0.3 is 0 Å². The summed E-state index contributed by atoms with van der Waals surface area (Å²) in [4.78, 5) is 7.92. The van der Waals surface area contributed by atoms with E-state index in [1.165, 1.54) is 0 Å². The van der Waals surface area contributed by atoms with E-state index in [1.807, 2.05) is 0 Å². The van der Waals surface area contributed by atoms with E-state index in [9.17, 15) is 8.78 Å². The number of nitrogen functional groups attached to an aromatic ring is 1. The van der Waals surface area contributed by atoms with Gasteiger partial charge in [0.05, 0.1) is 0 Å². The Labute approximate surface area is 91.7 Å². The first-order valence-electron chi connectivity index (χ1n) is 4.72. The third-order valence-corrected chi connectivity index (χ3v) is 2.06. The summed E-state index contributed by atoms with van der Waals surface area (Å²) in [5.74, 6) is 1.10. The van der Waals surface area contributed by atoms with Gasteiger partial charge in [-0.05, 0) is 13.8 Å². The van der Waals surface area contributed by atoms with E-state index in [4.69, 9.17) is 10.8 Å². The lowest BCUT2D eigenvalue weighted by atomic mass is 10.3. The zero-order valence-electron chi connectivity index (χ0n) is 9.04. The maximum atomic E-state index is 12.0. The summed E-state index contributed by atoms with van der Waals surface area (Å²) < 4.78 is 24.1. The van der Waals surface area contributed by atoms with Crippen LogP contribution in [0.4, 0.5) is 20.4 Å². The molecule has 4 N–H and O–H groups in total. The molecule has 1 aromatic heterocycles. The van der Waals surface area contributed by atoms with Crippen molar-refractivity contribution in [2.45, 2.75) is 26.4 Å². The predicted octanol–water partition coefficient (Wildman–Crippen LogP) is 0.714. The fourth-order valence-electron chi connectivity index (χ4n) is 1.11. The second kappa shape index (κ2) is 5.02. The van der Waals surface area contributed by atoms with Gasteiger partial charge in [-0.25, -0.2) is 18.7 Å². The summed E-state index contributed by atoms with van der Waals surface area (Å²) in [6.45, 7) is 3.03. The Morgan fingerprint density at radius 2 is 2.00 bits per heavy atom. The van der Waals surface area contributed by atoms with E-state index in [0.29, 0.717) is 23.0 Å². The van der Waals surface area contributed by atoms with E-state index < -0.39 is 12.5 Å².